The average molecular weight is 344 g/mol. The number of benzene rings is 1. The van der Waals surface area contributed by atoms with Crippen molar-refractivity contribution in [3.05, 3.63) is 29.3 Å². The van der Waals surface area contributed by atoms with Gasteiger partial charge in [0.15, 0.2) is 6.61 Å². The number of aryl methyl sites for hydroxylation is 2. The molecular weight excluding hydrogens is 316 g/mol. The minimum Gasteiger partial charge on any atom is -0.484 e. The van der Waals surface area contributed by atoms with E-state index in [0.29, 0.717) is 13.1 Å². The Morgan fingerprint density at radius 3 is 2.32 bits per heavy atom. The van der Waals surface area contributed by atoms with E-state index in [2.05, 4.69) is 6.92 Å². The van der Waals surface area contributed by atoms with Gasteiger partial charge in [0.05, 0.1) is 0 Å². The zero-order chi connectivity index (χ0) is 17.8. The fraction of sp³-hybridized carbons (Fsp3) is 0.600. The highest BCUT2D eigenvalue weighted by atomic mass is 16.5. The highest BCUT2D eigenvalue weighted by Gasteiger charge is 2.31. The highest BCUT2D eigenvalue weighted by molar-refractivity contribution is 5.81. The molecule has 0 aromatic heterocycles. The summed E-state index contributed by atoms with van der Waals surface area (Å²) in [6.07, 6.45) is 3.78. The highest BCUT2D eigenvalue weighted by Crippen LogP contribution is 2.22. The predicted octanol–water partition coefficient (Wildman–Crippen LogP) is 2.54. The lowest BCUT2D eigenvalue weighted by Crippen LogP contribution is -2.45. The number of rotatable bonds is 4. The fourth-order valence-electron chi connectivity index (χ4n) is 3.61. The SMILES string of the molecule is Cc1ccc(OCC(=O)N2CCC(C(=O)N3CCCC3)CC2)cc1C. The second-order valence-electron chi connectivity index (χ2n) is 7.22. The predicted molar refractivity (Wildman–Crippen MR) is 96.5 cm³/mol. The summed E-state index contributed by atoms with van der Waals surface area (Å²) in [6.45, 7) is 7.26. The average Bonchev–Trinajstić information content (AvgIpc) is 3.16. The smallest absolute Gasteiger partial charge is 0.260 e. The monoisotopic (exact) mass is 344 g/mol. The summed E-state index contributed by atoms with van der Waals surface area (Å²) in [5.41, 5.74) is 2.37. The summed E-state index contributed by atoms with van der Waals surface area (Å²) in [6, 6.07) is 5.87. The van der Waals surface area contributed by atoms with Crippen molar-refractivity contribution in [2.45, 2.75) is 39.5 Å². The van der Waals surface area contributed by atoms with Crippen LogP contribution in [0.5, 0.6) is 5.75 Å². The van der Waals surface area contributed by atoms with Crippen molar-refractivity contribution in [3.8, 4) is 5.75 Å². The van der Waals surface area contributed by atoms with E-state index < -0.39 is 0 Å². The van der Waals surface area contributed by atoms with Crippen LogP contribution < -0.4 is 4.74 Å². The van der Waals surface area contributed by atoms with Crippen LogP contribution in [0.1, 0.15) is 36.8 Å². The standard InChI is InChI=1S/C20H28N2O3/c1-15-5-6-18(13-16(15)2)25-14-19(23)21-11-7-17(8-12-21)20(24)22-9-3-4-10-22/h5-6,13,17H,3-4,7-12,14H2,1-2H3. The summed E-state index contributed by atoms with van der Waals surface area (Å²) in [5.74, 6) is 1.11. The van der Waals surface area contributed by atoms with Crippen LogP contribution in [0, 0.1) is 19.8 Å². The van der Waals surface area contributed by atoms with Crippen molar-refractivity contribution < 1.29 is 14.3 Å². The largest absolute Gasteiger partial charge is 0.484 e. The number of piperidine rings is 1. The van der Waals surface area contributed by atoms with E-state index in [1.54, 1.807) is 0 Å². The van der Waals surface area contributed by atoms with Gasteiger partial charge in [0.1, 0.15) is 5.75 Å². The van der Waals surface area contributed by atoms with Crippen molar-refractivity contribution in [1.82, 2.24) is 9.80 Å². The lowest BCUT2D eigenvalue weighted by Gasteiger charge is -2.33. The molecule has 2 aliphatic rings. The first-order valence-corrected chi connectivity index (χ1v) is 9.31. The van der Waals surface area contributed by atoms with Gasteiger partial charge in [0.2, 0.25) is 5.91 Å². The first kappa shape index (κ1) is 17.8. The molecule has 136 valence electrons. The second kappa shape index (κ2) is 7.89. The number of carbonyl (C=O) groups excluding carboxylic acids is 2. The van der Waals surface area contributed by atoms with E-state index in [9.17, 15) is 9.59 Å². The quantitative estimate of drug-likeness (QED) is 0.843. The van der Waals surface area contributed by atoms with Gasteiger partial charge in [-0.15, -0.1) is 0 Å². The summed E-state index contributed by atoms with van der Waals surface area (Å²) in [4.78, 5) is 28.6. The van der Waals surface area contributed by atoms with Crippen molar-refractivity contribution >= 4 is 11.8 Å². The Morgan fingerprint density at radius 1 is 1.00 bits per heavy atom. The topological polar surface area (TPSA) is 49.9 Å². The fourth-order valence-corrected chi connectivity index (χ4v) is 3.61. The third kappa shape index (κ3) is 4.33. The maximum Gasteiger partial charge on any atom is 0.260 e. The molecule has 3 rings (SSSR count). The minimum atomic E-state index is 0.00491. The molecule has 5 nitrogen and oxygen atoms in total. The van der Waals surface area contributed by atoms with E-state index in [1.807, 2.05) is 34.9 Å². The van der Waals surface area contributed by atoms with Gasteiger partial charge in [-0.2, -0.15) is 0 Å². The lowest BCUT2D eigenvalue weighted by molar-refractivity contribution is -0.140. The summed E-state index contributed by atoms with van der Waals surface area (Å²) < 4.78 is 5.65. The van der Waals surface area contributed by atoms with Gasteiger partial charge in [-0.1, -0.05) is 6.07 Å². The third-order valence-electron chi connectivity index (χ3n) is 5.46. The van der Waals surface area contributed by atoms with Crippen LogP contribution in [0.15, 0.2) is 18.2 Å². The molecule has 0 aliphatic carbocycles. The zero-order valence-corrected chi connectivity index (χ0v) is 15.3. The van der Waals surface area contributed by atoms with Crippen LogP contribution in [0.25, 0.3) is 0 Å². The first-order valence-electron chi connectivity index (χ1n) is 9.31. The Labute approximate surface area is 149 Å². The molecule has 0 spiro atoms. The maximum absolute atomic E-state index is 12.4. The number of likely N-dealkylation sites (tertiary alicyclic amines) is 2. The molecule has 0 atom stereocenters. The van der Waals surface area contributed by atoms with Crippen LogP contribution in [0.4, 0.5) is 0 Å². The van der Waals surface area contributed by atoms with E-state index >= 15 is 0 Å². The van der Waals surface area contributed by atoms with Crippen LogP contribution in [0.2, 0.25) is 0 Å². The summed E-state index contributed by atoms with van der Waals surface area (Å²) >= 11 is 0. The Balaban J connectivity index is 1.44. The summed E-state index contributed by atoms with van der Waals surface area (Å²) in [7, 11) is 0. The van der Waals surface area contributed by atoms with Crippen LogP contribution in [-0.2, 0) is 9.59 Å². The molecule has 2 heterocycles. The van der Waals surface area contributed by atoms with Crippen molar-refractivity contribution in [3.63, 3.8) is 0 Å². The second-order valence-corrected chi connectivity index (χ2v) is 7.22. The Morgan fingerprint density at radius 2 is 1.68 bits per heavy atom. The first-order chi connectivity index (χ1) is 12.0. The van der Waals surface area contributed by atoms with Crippen molar-refractivity contribution in [2.75, 3.05) is 32.8 Å². The molecule has 0 unspecified atom stereocenters. The van der Waals surface area contributed by atoms with Gasteiger partial charge in [0, 0.05) is 32.1 Å². The number of hydrogen-bond donors (Lipinski definition) is 0. The van der Waals surface area contributed by atoms with E-state index in [-0.39, 0.29) is 24.3 Å². The maximum atomic E-state index is 12.4. The van der Waals surface area contributed by atoms with Gasteiger partial charge < -0.3 is 14.5 Å². The minimum absolute atomic E-state index is 0.00491. The number of amides is 2. The van der Waals surface area contributed by atoms with Gasteiger partial charge in [0.25, 0.3) is 5.91 Å². The normalized spacial score (nSPS) is 18.5. The molecule has 0 saturated carbocycles. The molecule has 0 radical (unpaired) electrons. The Hall–Kier alpha value is -2.04. The summed E-state index contributed by atoms with van der Waals surface area (Å²) in [5, 5.41) is 0. The number of carbonyl (C=O) groups is 2. The molecule has 1 aromatic carbocycles. The lowest BCUT2D eigenvalue weighted by atomic mass is 9.95. The van der Waals surface area contributed by atoms with Crippen molar-refractivity contribution in [1.29, 1.82) is 0 Å². The van der Waals surface area contributed by atoms with E-state index in [1.165, 1.54) is 5.56 Å². The molecule has 5 heteroatoms. The molecule has 0 bridgehead atoms. The third-order valence-corrected chi connectivity index (χ3v) is 5.46. The molecular formula is C20H28N2O3. The van der Waals surface area contributed by atoms with Crippen LogP contribution in [-0.4, -0.2) is 54.4 Å². The molecule has 2 saturated heterocycles. The van der Waals surface area contributed by atoms with Crippen molar-refractivity contribution in [2.24, 2.45) is 5.92 Å². The van der Waals surface area contributed by atoms with Gasteiger partial charge in [-0.05, 0) is 62.8 Å². The molecule has 1 aromatic rings. The zero-order valence-electron chi connectivity index (χ0n) is 15.3. The van der Waals surface area contributed by atoms with Gasteiger partial charge in [-0.3, -0.25) is 9.59 Å². The van der Waals surface area contributed by atoms with Crippen LogP contribution in [0.3, 0.4) is 0 Å². The number of ether oxygens (including phenoxy) is 1. The molecule has 2 fully saturated rings. The van der Waals surface area contributed by atoms with Gasteiger partial charge in [-0.25, -0.2) is 0 Å². The molecule has 0 N–H and O–H groups in total. The Kier molecular flexibility index (Phi) is 5.61. The van der Waals surface area contributed by atoms with E-state index in [0.717, 1.165) is 50.1 Å². The van der Waals surface area contributed by atoms with E-state index in [4.69, 9.17) is 4.74 Å². The molecule has 25 heavy (non-hydrogen) atoms. The molecule has 2 aliphatic heterocycles. The molecule has 2 amide bonds. The number of hydrogen-bond acceptors (Lipinski definition) is 3. The number of nitrogens with zero attached hydrogens (tertiary/aromatic N) is 2. The Bertz CT molecular complexity index is 630. The van der Waals surface area contributed by atoms with Gasteiger partial charge >= 0.3 is 0 Å². The van der Waals surface area contributed by atoms with Crippen LogP contribution >= 0.6 is 0 Å².